The van der Waals surface area contributed by atoms with Gasteiger partial charge in [0, 0.05) is 24.8 Å². The van der Waals surface area contributed by atoms with E-state index >= 15 is 0 Å². The van der Waals surface area contributed by atoms with Crippen LogP contribution in [0.15, 0.2) is 36.5 Å². The number of hydrogen-bond acceptors (Lipinski definition) is 0. The van der Waals surface area contributed by atoms with Crippen molar-refractivity contribution in [3.05, 3.63) is 53.2 Å². The minimum Gasteiger partial charge on any atom is -0.192 e. The Bertz CT molecular complexity index is 1100. The van der Waals surface area contributed by atoms with E-state index in [0.717, 1.165) is 6.42 Å². The van der Waals surface area contributed by atoms with Gasteiger partial charge in [-0.05, 0) is 39.8 Å². The summed E-state index contributed by atoms with van der Waals surface area (Å²) in [5, 5.41) is 4.38. The molecule has 0 saturated heterocycles. The number of nitrogens with zero attached hydrogens (tertiary/aromatic N) is 1. The second kappa shape index (κ2) is 5.13. The zero-order valence-corrected chi connectivity index (χ0v) is 17.7. The first kappa shape index (κ1) is 17.2. The molecule has 0 radical (unpaired) electrons. The topological polar surface area (TPSA) is 3.88 Å². The fourth-order valence-corrected chi connectivity index (χ4v) is 6.62. The van der Waals surface area contributed by atoms with Crippen LogP contribution in [-0.2, 0) is 22.8 Å². The number of pyridine rings is 1. The third-order valence-electron chi connectivity index (χ3n) is 7.78. The van der Waals surface area contributed by atoms with Crippen molar-refractivity contribution in [3.8, 4) is 0 Å². The van der Waals surface area contributed by atoms with Gasteiger partial charge in [-0.25, -0.2) is 0 Å². The summed E-state index contributed by atoms with van der Waals surface area (Å²) in [6, 6.07) is 11.7. The van der Waals surface area contributed by atoms with E-state index in [1.807, 2.05) is 0 Å². The molecular formula is C26H32N+. The van der Waals surface area contributed by atoms with Crippen LogP contribution < -0.4 is 4.57 Å². The summed E-state index contributed by atoms with van der Waals surface area (Å²) >= 11 is 0. The Labute approximate surface area is 163 Å². The van der Waals surface area contributed by atoms with E-state index in [1.165, 1.54) is 46.5 Å². The zero-order chi connectivity index (χ0) is 19.2. The fraction of sp³-hybridized carbons (Fsp3) is 0.500. The van der Waals surface area contributed by atoms with Gasteiger partial charge in [-0.2, -0.15) is 4.57 Å². The molecule has 27 heavy (non-hydrogen) atoms. The SMILES string of the molecule is CCC1(CC)Cc2cccc3ccc4c5c(c[n+]1c4c23)C(C)(C)CC5(C)C. The molecule has 0 fully saturated rings. The second-order valence-electron chi connectivity index (χ2n) is 10.3. The van der Waals surface area contributed by atoms with Crippen molar-refractivity contribution in [2.45, 2.75) is 83.6 Å². The van der Waals surface area contributed by atoms with Crippen LogP contribution >= 0.6 is 0 Å². The number of aromatic nitrogens is 1. The number of fused-ring (bicyclic) bond motifs is 2. The standard InChI is InChI=1S/C26H32N/c1-7-26(8-2)14-18-11-9-10-17-12-13-19-22-20(15-27(26)23(19)21(17)18)24(3,4)16-25(22,5)6/h9-13,15H,7-8,14,16H2,1-6H3/q+1. The summed E-state index contributed by atoms with van der Waals surface area (Å²) in [5.74, 6) is 0. The molecular weight excluding hydrogens is 326 g/mol. The smallest absolute Gasteiger partial charge is 0.192 e. The predicted octanol–water partition coefficient (Wildman–Crippen LogP) is 6.31. The Morgan fingerprint density at radius 3 is 2.37 bits per heavy atom. The van der Waals surface area contributed by atoms with E-state index in [4.69, 9.17) is 0 Å². The van der Waals surface area contributed by atoms with E-state index in [2.05, 4.69) is 82.6 Å². The van der Waals surface area contributed by atoms with Crippen LogP contribution in [0.1, 0.15) is 77.5 Å². The normalized spacial score (nSPS) is 21.1. The first-order chi connectivity index (χ1) is 12.7. The summed E-state index contributed by atoms with van der Waals surface area (Å²) in [4.78, 5) is 0. The van der Waals surface area contributed by atoms with Gasteiger partial charge in [-0.1, -0.05) is 65.8 Å². The van der Waals surface area contributed by atoms with E-state index in [-0.39, 0.29) is 16.4 Å². The second-order valence-corrected chi connectivity index (χ2v) is 10.3. The van der Waals surface area contributed by atoms with E-state index < -0.39 is 0 Å². The van der Waals surface area contributed by atoms with Crippen LogP contribution in [-0.4, -0.2) is 0 Å². The molecule has 0 saturated carbocycles. The molecule has 2 aliphatic rings. The highest BCUT2D eigenvalue weighted by molar-refractivity contribution is 6.07. The third-order valence-corrected chi connectivity index (χ3v) is 7.78. The van der Waals surface area contributed by atoms with Gasteiger partial charge < -0.3 is 0 Å². The lowest BCUT2D eigenvalue weighted by molar-refractivity contribution is -0.744. The Hall–Kier alpha value is -1.89. The molecule has 3 aromatic rings. The first-order valence-electron chi connectivity index (χ1n) is 10.7. The van der Waals surface area contributed by atoms with Crippen LogP contribution in [0.3, 0.4) is 0 Å². The van der Waals surface area contributed by atoms with Crippen molar-refractivity contribution in [3.63, 3.8) is 0 Å². The average molecular weight is 359 g/mol. The molecule has 140 valence electrons. The van der Waals surface area contributed by atoms with Crippen LogP contribution in [0.5, 0.6) is 0 Å². The average Bonchev–Trinajstić information content (AvgIpc) is 2.83. The quantitative estimate of drug-likeness (QED) is 0.373. The molecule has 0 amide bonds. The predicted molar refractivity (Wildman–Crippen MR) is 115 cm³/mol. The van der Waals surface area contributed by atoms with Crippen LogP contribution in [0.4, 0.5) is 0 Å². The molecule has 1 aromatic heterocycles. The maximum absolute atomic E-state index is 2.71. The van der Waals surface area contributed by atoms with Crippen LogP contribution in [0, 0.1) is 0 Å². The Morgan fingerprint density at radius 1 is 0.926 bits per heavy atom. The summed E-state index contributed by atoms with van der Waals surface area (Å²) in [6.45, 7) is 14.5. The molecule has 1 aliphatic heterocycles. The van der Waals surface area contributed by atoms with Gasteiger partial charge in [0.2, 0.25) is 5.52 Å². The molecule has 2 heterocycles. The van der Waals surface area contributed by atoms with Gasteiger partial charge in [0.05, 0.1) is 10.8 Å². The molecule has 1 nitrogen and oxygen atoms in total. The largest absolute Gasteiger partial charge is 0.221 e. The van der Waals surface area contributed by atoms with Crippen molar-refractivity contribution >= 4 is 21.7 Å². The van der Waals surface area contributed by atoms with Crippen molar-refractivity contribution in [1.82, 2.24) is 0 Å². The van der Waals surface area contributed by atoms with Gasteiger partial charge >= 0.3 is 0 Å². The first-order valence-corrected chi connectivity index (χ1v) is 10.7. The molecule has 0 unspecified atom stereocenters. The van der Waals surface area contributed by atoms with Crippen LogP contribution in [0.2, 0.25) is 0 Å². The van der Waals surface area contributed by atoms with Crippen molar-refractivity contribution < 1.29 is 4.57 Å². The highest BCUT2D eigenvalue weighted by Crippen LogP contribution is 2.52. The lowest BCUT2D eigenvalue weighted by atomic mass is 9.77. The number of rotatable bonds is 2. The third kappa shape index (κ3) is 2.03. The minimum absolute atomic E-state index is 0.193. The van der Waals surface area contributed by atoms with Gasteiger partial charge in [0.25, 0.3) is 0 Å². The zero-order valence-electron chi connectivity index (χ0n) is 17.7. The van der Waals surface area contributed by atoms with Crippen molar-refractivity contribution in [2.75, 3.05) is 0 Å². The Balaban J connectivity index is 2.06. The lowest BCUT2D eigenvalue weighted by Crippen LogP contribution is -2.59. The minimum atomic E-state index is 0.193. The van der Waals surface area contributed by atoms with Crippen LogP contribution in [0.25, 0.3) is 21.7 Å². The maximum atomic E-state index is 2.71. The van der Waals surface area contributed by atoms with Crippen molar-refractivity contribution in [1.29, 1.82) is 0 Å². The van der Waals surface area contributed by atoms with E-state index in [0.29, 0.717) is 0 Å². The number of benzene rings is 2. The summed E-state index contributed by atoms with van der Waals surface area (Å²) in [7, 11) is 0. The van der Waals surface area contributed by atoms with E-state index in [1.54, 1.807) is 11.1 Å². The Morgan fingerprint density at radius 2 is 1.67 bits per heavy atom. The molecule has 0 spiro atoms. The molecule has 0 bridgehead atoms. The molecule has 0 atom stereocenters. The molecule has 1 aliphatic carbocycles. The summed E-state index contributed by atoms with van der Waals surface area (Å²) in [6.07, 6.45) is 7.29. The van der Waals surface area contributed by atoms with Gasteiger partial charge in [-0.15, -0.1) is 0 Å². The molecule has 1 heteroatoms. The van der Waals surface area contributed by atoms with Crippen molar-refractivity contribution in [2.24, 2.45) is 0 Å². The maximum Gasteiger partial charge on any atom is 0.221 e. The monoisotopic (exact) mass is 358 g/mol. The number of hydrogen-bond donors (Lipinski definition) is 0. The lowest BCUT2D eigenvalue weighted by Gasteiger charge is -2.33. The summed E-state index contributed by atoms with van der Waals surface area (Å²) in [5.41, 5.74) is 6.84. The van der Waals surface area contributed by atoms with Gasteiger partial charge in [-0.3, -0.25) is 0 Å². The fourth-order valence-electron chi connectivity index (χ4n) is 6.62. The van der Waals surface area contributed by atoms with Gasteiger partial charge in [0.1, 0.15) is 0 Å². The molecule has 5 rings (SSSR count). The molecule has 0 N–H and O–H groups in total. The van der Waals surface area contributed by atoms with Gasteiger partial charge in [0.15, 0.2) is 11.7 Å². The summed E-state index contributed by atoms with van der Waals surface area (Å²) < 4.78 is 2.71. The highest BCUT2D eigenvalue weighted by atomic mass is 15.1. The Kier molecular flexibility index (Phi) is 3.27. The highest BCUT2D eigenvalue weighted by Gasteiger charge is 2.49. The molecule has 2 aromatic carbocycles. The van der Waals surface area contributed by atoms with E-state index in [9.17, 15) is 0 Å².